The summed E-state index contributed by atoms with van der Waals surface area (Å²) in [5.41, 5.74) is 3.67. The molecule has 4 rings (SSSR count). The molecule has 0 radical (unpaired) electrons. The lowest BCUT2D eigenvalue weighted by atomic mass is 10.0. The van der Waals surface area contributed by atoms with Gasteiger partial charge in [-0.05, 0) is 49.4 Å². The summed E-state index contributed by atoms with van der Waals surface area (Å²) >= 11 is 0. The largest absolute Gasteiger partial charge is 0.361 e. The van der Waals surface area contributed by atoms with Gasteiger partial charge in [-0.25, -0.2) is 0 Å². The summed E-state index contributed by atoms with van der Waals surface area (Å²) < 4.78 is 0. The second-order valence-electron chi connectivity index (χ2n) is 6.82. The molecule has 0 bridgehead atoms. The maximum absolute atomic E-state index is 13.2. The molecule has 3 aromatic rings. The number of hydrogen-bond acceptors (Lipinski definition) is 4. The fourth-order valence-corrected chi connectivity index (χ4v) is 3.38. The molecular formula is C23H19N3O3. The van der Waals surface area contributed by atoms with Crippen LogP contribution < -0.4 is 10.2 Å². The Labute approximate surface area is 168 Å². The molecule has 1 aliphatic heterocycles. The second-order valence-corrected chi connectivity index (χ2v) is 6.82. The van der Waals surface area contributed by atoms with Crippen LogP contribution in [-0.4, -0.2) is 17.0 Å². The number of nitro benzene ring substituents is 1. The summed E-state index contributed by atoms with van der Waals surface area (Å²) in [5, 5.41) is 14.7. The van der Waals surface area contributed by atoms with Crippen LogP contribution in [0.3, 0.4) is 0 Å². The zero-order valence-electron chi connectivity index (χ0n) is 15.8. The highest BCUT2D eigenvalue weighted by molar-refractivity contribution is 6.12. The lowest BCUT2D eigenvalue weighted by molar-refractivity contribution is -0.385. The van der Waals surface area contributed by atoms with Gasteiger partial charge in [-0.2, -0.15) is 0 Å². The Morgan fingerprint density at radius 1 is 1.00 bits per heavy atom. The Morgan fingerprint density at radius 2 is 1.69 bits per heavy atom. The minimum absolute atomic E-state index is 0.0215. The number of nitro groups is 1. The highest BCUT2D eigenvalue weighted by atomic mass is 16.6. The van der Waals surface area contributed by atoms with Crippen LogP contribution in [0.5, 0.6) is 0 Å². The molecular weight excluding hydrogens is 366 g/mol. The van der Waals surface area contributed by atoms with Gasteiger partial charge in [-0.15, -0.1) is 0 Å². The van der Waals surface area contributed by atoms with Gasteiger partial charge in [0.1, 0.15) is 6.17 Å². The lowest BCUT2D eigenvalue weighted by Crippen LogP contribution is -2.48. The summed E-state index contributed by atoms with van der Waals surface area (Å²) in [6.07, 6.45) is 2.97. The molecule has 6 heteroatoms. The molecule has 0 spiro atoms. The molecule has 0 aromatic heterocycles. The van der Waals surface area contributed by atoms with E-state index in [0.29, 0.717) is 11.1 Å². The van der Waals surface area contributed by atoms with E-state index in [1.807, 2.05) is 49.4 Å². The lowest BCUT2D eigenvalue weighted by Gasteiger charge is -2.36. The quantitative estimate of drug-likeness (QED) is 0.506. The number of nitrogens with one attached hydrogen (secondary N) is 1. The second kappa shape index (κ2) is 7.59. The Balaban J connectivity index is 1.76. The third-order valence-corrected chi connectivity index (χ3v) is 4.86. The number of nitrogens with zero attached hydrogens (tertiary/aromatic N) is 2. The number of carbonyl (C=O) groups is 1. The fourth-order valence-electron chi connectivity index (χ4n) is 3.38. The third kappa shape index (κ3) is 3.60. The number of rotatable bonds is 4. The van der Waals surface area contributed by atoms with E-state index in [1.54, 1.807) is 41.3 Å². The van der Waals surface area contributed by atoms with Crippen LogP contribution in [-0.2, 0) is 0 Å². The molecule has 144 valence electrons. The monoisotopic (exact) mass is 385 g/mol. The molecule has 3 aromatic carbocycles. The molecule has 6 nitrogen and oxygen atoms in total. The normalized spacial score (nSPS) is 15.8. The number of para-hydroxylation sites is 2. The Kier molecular flexibility index (Phi) is 4.83. The summed E-state index contributed by atoms with van der Waals surface area (Å²) in [5.74, 6) is -0.125. The predicted octanol–water partition coefficient (Wildman–Crippen LogP) is 5.02. The molecule has 1 N–H and O–H groups in total. The van der Waals surface area contributed by atoms with E-state index in [2.05, 4.69) is 5.32 Å². The topological polar surface area (TPSA) is 75.5 Å². The van der Waals surface area contributed by atoms with Crippen LogP contribution in [0.4, 0.5) is 17.1 Å². The first-order valence-corrected chi connectivity index (χ1v) is 9.22. The van der Waals surface area contributed by atoms with Crippen molar-refractivity contribution in [3.05, 3.63) is 106 Å². The number of hydrogen-bond donors (Lipinski definition) is 1. The Hall–Kier alpha value is -3.93. The van der Waals surface area contributed by atoms with E-state index >= 15 is 0 Å². The average Bonchev–Trinajstić information content (AvgIpc) is 2.73. The van der Waals surface area contributed by atoms with E-state index in [4.69, 9.17) is 0 Å². The van der Waals surface area contributed by atoms with Gasteiger partial charge in [0, 0.05) is 17.4 Å². The van der Waals surface area contributed by atoms with Crippen molar-refractivity contribution < 1.29 is 9.72 Å². The van der Waals surface area contributed by atoms with Crippen LogP contribution >= 0.6 is 0 Å². The van der Waals surface area contributed by atoms with Gasteiger partial charge in [0.05, 0.1) is 16.1 Å². The Morgan fingerprint density at radius 3 is 2.45 bits per heavy atom. The van der Waals surface area contributed by atoms with Crippen molar-refractivity contribution >= 4 is 29.0 Å². The molecule has 0 unspecified atom stereocenters. The van der Waals surface area contributed by atoms with Crippen LogP contribution in [0.25, 0.3) is 6.08 Å². The van der Waals surface area contributed by atoms with Crippen LogP contribution in [0.2, 0.25) is 0 Å². The molecule has 0 fully saturated rings. The SMILES string of the molecule is Cc1ccc(N2C(=O)c3ccccc3N[C@@H]2C=Cc2ccccc2[N+](=O)[O-])cc1. The predicted molar refractivity (Wildman–Crippen MR) is 114 cm³/mol. The highest BCUT2D eigenvalue weighted by Crippen LogP contribution is 2.31. The van der Waals surface area contributed by atoms with Crippen molar-refractivity contribution in [2.45, 2.75) is 13.1 Å². The zero-order chi connectivity index (χ0) is 20.4. The van der Waals surface area contributed by atoms with Crippen molar-refractivity contribution in [3.8, 4) is 0 Å². The van der Waals surface area contributed by atoms with Gasteiger partial charge in [-0.3, -0.25) is 19.8 Å². The fraction of sp³-hybridized carbons (Fsp3) is 0.0870. The van der Waals surface area contributed by atoms with Crippen LogP contribution in [0.1, 0.15) is 21.5 Å². The van der Waals surface area contributed by atoms with Gasteiger partial charge in [0.25, 0.3) is 11.6 Å². The number of carbonyl (C=O) groups excluding carboxylic acids is 1. The standard InChI is InChI=1S/C23H19N3O3/c1-16-10-13-18(14-11-16)25-22(24-20-8-4-3-7-19(20)23(25)27)15-12-17-6-2-5-9-21(17)26(28)29/h2-15,22,24H,1H3/t22-/m0/s1. The van der Waals surface area contributed by atoms with Crippen LogP contribution in [0.15, 0.2) is 78.9 Å². The minimum Gasteiger partial charge on any atom is -0.361 e. The van der Waals surface area contributed by atoms with Crippen molar-refractivity contribution in [2.75, 3.05) is 10.2 Å². The van der Waals surface area contributed by atoms with E-state index in [9.17, 15) is 14.9 Å². The molecule has 0 saturated carbocycles. The van der Waals surface area contributed by atoms with Crippen molar-refractivity contribution in [2.24, 2.45) is 0 Å². The average molecular weight is 385 g/mol. The van der Waals surface area contributed by atoms with E-state index in [0.717, 1.165) is 16.9 Å². The summed E-state index contributed by atoms with van der Waals surface area (Å²) in [4.78, 5) is 25.8. The first kappa shape index (κ1) is 18.4. The molecule has 1 aliphatic rings. The van der Waals surface area contributed by atoms with Gasteiger partial charge in [0.2, 0.25) is 0 Å². The van der Waals surface area contributed by atoms with Crippen LogP contribution in [0, 0.1) is 17.0 Å². The first-order chi connectivity index (χ1) is 14.0. The van der Waals surface area contributed by atoms with Gasteiger partial charge < -0.3 is 5.32 Å². The van der Waals surface area contributed by atoms with Gasteiger partial charge in [0.15, 0.2) is 0 Å². The van der Waals surface area contributed by atoms with E-state index in [-0.39, 0.29) is 11.6 Å². The number of fused-ring (bicyclic) bond motifs is 1. The number of anilines is 2. The zero-order valence-corrected chi connectivity index (χ0v) is 15.8. The maximum Gasteiger partial charge on any atom is 0.276 e. The first-order valence-electron chi connectivity index (χ1n) is 9.22. The van der Waals surface area contributed by atoms with E-state index in [1.165, 1.54) is 6.07 Å². The molecule has 1 amide bonds. The summed E-state index contributed by atoms with van der Waals surface area (Å²) in [6.45, 7) is 1.99. The van der Waals surface area contributed by atoms with Crippen molar-refractivity contribution in [1.82, 2.24) is 0 Å². The van der Waals surface area contributed by atoms with Gasteiger partial charge >= 0.3 is 0 Å². The number of aryl methyl sites for hydroxylation is 1. The molecule has 29 heavy (non-hydrogen) atoms. The minimum atomic E-state index is -0.486. The maximum atomic E-state index is 13.2. The van der Waals surface area contributed by atoms with Gasteiger partial charge in [-0.1, -0.05) is 42.0 Å². The molecule has 0 saturated heterocycles. The van der Waals surface area contributed by atoms with Crippen molar-refractivity contribution in [3.63, 3.8) is 0 Å². The molecule has 1 heterocycles. The Bertz CT molecular complexity index is 1110. The third-order valence-electron chi connectivity index (χ3n) is 4.86. The molecule has 1 atom stereocenters. The highest BCUT2D eigenvalue weighted by Gasteiger charge is 2.31. The smallest absolute Gasteiger partial charge is 0.276 e. The number of amides is 1. The number of benzene rings is 3. The summed E-state index contributed by atoms with van der Waals surface area (Å²) in [6, 6.07) is 21.6. The molecule has 0 aliphatic carbocycles. The summed E-state index contributed by atoms with van der Waals surface area (Å²) in [7, 11) is 0. The van der Waals surface area contributed by atoms with E-state index < -0.39 is 11.1 Å². The van der Waals surface area contributed by atoms with Crippen molar-refractivity contribution in [1.29, 1.82) is 0 Å².